The number of nitrogens with one attached hydrogen (secondary N) is 1. The molecule has 1 saturated heterocycles. The summed E-state index contributed by atoms with van der Waals surface area (Å²) < 4.78 is 0. The van der Waals surface area contributed by atoms with Crippen molar-refractivity contribution in [2.75, 3.05) is 6.54 Å². The molecule has 1 aliphatic carbocycles. The van der Waals surface area contributed by atoms with E-state index < -0.39 is 0 Å². The molecule has 2 heteroatoms. The van der Waals surface area contributed by atoms with Crippen LogP contribution in [0, 0.1) is 0 Å². The Morgan fingerprint density at radius 1 is 0.800 bits per heavy atom. The van der Waals surface area contributed by atoms with E-state index in [9.17, 15) is 0 Å². The predicted octanol–water partition coefficient (Wildman–Crippen LogP) is 4.75. The van der Waals surface area contributed by atoms with Gasteiger partial charge in [0.25, 0.3) is 0 Å². The lowest BCUT2D eigenvalue weighted by Crippen LogP contribution is -2.47. The van der Waals surface area contributed by atoms with Crippen LogP contribution in [-0.2, 0) is 13.1 Å². The Bertz CT molecular complexity index is 595. The van der Waals surface area contributed by atoms with E-state index in [1.165, 1.54) is 56.2 Å². The van der Waals surface area contributed by atoms with Crippen LogP contribution >= 0.6 is 0 Å². The van der Waals surface area contributed by atoms with Gasteiger partial charge in [-0.2, -0.15) is 0 Å². The molecular formula is C23H30N2. The second-order valence-corrected chi connectivity index (χ2v) is 7.92. The highest BCUT2D eigenvalue weighted by molar-refractivity contribution is 5.17. The zero-order chi connectivity index (χ0) is 17.0. The molecule has 0 atom stereocenters. The lowest BCUT2D eigenvalue weighted by atomic mass is 9.78. The molecule has 0 unspecified atom stereocenters. The highest BCUT2D eigenvalue weighted by Crippen LogP contribution is 2.37. The lowest BCUT2D eigenvalue weighted by Gasteiger charge is -2.42. The number of hydrogen-bond donors (Lipinski definition) is 1. The van der Waals surface area contributed by atoms with Crippen molar-refractivity contribution < 1.29 is 0 Å². The monoisotopic (exact) mass is 334 g/mol. The average molecular weight is 335 g/mol. The van der Waals surface area contributed by atoms with Gasteiger partial charge in [-0.05, 0) is 56.2 Å². The highest BCUT2D eigenvalue weighted by atomic mass is 15.2. The normalized spacial score (nSPS) is 26.4. The fourth-order valence-electron chi connectivity index (χ4n) is 4.77. The van der Waals surface area contributed by atoms with E-state index in [0.717, 1.165) is 13.1 Å². The van der Waals surface area contributed by atoms with E-state index in [-0.39, 0.29) is 0 Å². The molecule has 2 fully saturated rings. The summed E-state index contributed by atoms with van der Waals surface area (Å²) in [6.45, 7) is 3.34. The Morgan fingerprint density at radius 3 is 1.84 bits per heavy atom. The minimum Gasteiger partial charge on any atom is -0.311 e. The van der Waals surface area contributed by atoms with Crippen LogP contribution in [0.5, 0.6) is 0 Å². The molecule has 0 bridgehead atoms. The summed E-state index contributed by atoms with van der Waals surface area (Å²) in [6, 6.07) is 22.6. The predicted molar refractivity (Wildman–Crippen MR) is 104 cm³/mol. The fraction of sp³-hybridized carbons (Fsp3) is 0.478. The van der Waals surface area contributed by atoms with Crippen LogP contribution in [0.1, 0.15) is 49.7 Å². The third-order valence-corrected chi connectivity index (χ3v) is 6.22. The van der Waals surface area contributed by atoms with Crippen molar-refractivity contribution in [1.29, 1.82) is 0 Å². The third-order valence-electron chi connectivity index (χ3n) is 6.22. The maximum Gasteiger partial charge on any atom is 0.0240 e. The molecule has 132 valence electrons. The number of hydrogen-bond acceptors (Lipinski definition) is 2. The molecule has 2 nitrogen and oxygen atoms in total. The maximum atomic E-state index is 3.81. The van der Waals surface area contributed by atoms with Crippen LogP contribution in [0.2, 0.25) is 0 Å². The Balaban J connectivity index is 1.47. The first-order valence-electron chi connectivity index (χ1n) is 9.90. The van der Waals surface area contributed by atoms with Crippen molar-refractivity contribution in [2.24, 2.45) is 0 Å². The molecule has 1 N–H and O–H groups in total. The van der Waals surface area contributed by atoms with Crippen molar-refractivity contribution >= 4 is 0 Å². The van der Waals surface area contributed by atoms with Crippen LogP contribution in [0.4, 0.5) is 0 Å². The molecule has 2 aromatic rings. The molecule has 0 radical (unpaired) electrons. The Morgan fingerprint density at radius 2 is 1.36 bits per heavy atom. The summed E-state index contributed by atoms with van der Waals surface area (Å²) in [5.74, 6) is 0. The lowest BCUT2D eigenvalue weighted by molar-refractivity contribution is 0.105. The molecule has 4 rings (SSSR count). The van der Waals surface area contributed by atoms with E-state index >= 15 is 0 Å². The molecule has 0 aromatic heterocycles. The number of nitrogens with zero attached hydrogens (tertiary/aromatic N) is 1. The largest absolute Gasteiger partial charge is 0.311 e. The minimum absolute atomic E-state index is 0.474. The molecule has 1 aliphatic heterocycles. The van der Waals surface area contributed by atoms with E-state index in [4.69, 9.17) is 0 Å². The molecule has 2 aromatic carbocycles. The van der Waals surface area contributed by atoms with Gasteiger partial charge in [0.15, 0.2) is 0 Å². The SMILES string of the molecule is c1ccc(CN(Cc2ccccc2)C2CCC3(CCCN3)CC2)cc1. The van der Waals surface area contributed by atoms with Crippen LogP contribution in [-0.4, -0.2) is 23.0 Å². The molecular weight excluding hydrogens is 304 g/mol. The number of benzene rings is 2. The van der Waals surface area contributed by atoms with Crippen LogP contribution in [0.25, 0.3) is 0 Å². The first-order chi connectivity index (χ1) is 12.3. The van der Waals surface area contributed by atoms with Gasteiger partial charge in [0.1, 0.15) is 0 Å². The average Bonchev–Trinajstić information content (AvgIpc) is 3.12. The standard InChI is InChI=1S/C23H30N2/c1-3-8-20(9-4-1)18-25(19-21-10-5-2-6-11-21)22-12-15-23(16-13-22)14-7-17-24-23/h1-6,8-11,22,24H,7,12-19H2. The van der Waals surface area contributed by atoms with Crippen molar-refractivity contribution in [3.05, 3.63) is 71.8 Å². The summed E-state index contributed by atoms with van der Waals surface area (Å²) in [6.07, 6.45) is 8.09. The first-order valence-corrected chi connectivity index (χ1v) is 9.90. The summed E-state index contributed by atoms with van der Waals surface area (Å²) in [7, 11) is 0. The molecule has 1 saturated carbocycles. The Hall–Kier alpha value is -1.64. The summed E-state index contributed by atoms with van der Waals surface area (Å²) in [5, 5.41) is 3.81. The van der Waals surface area contributed by atoms with Crippen molar-refractivity contribution in [3.63, 3.8) is 0 Å². The van der Waals surface area contributed by atoms with Gasteiger partial charge in [0.2, 0.25) is 0 Å². The van der Waals surface area contributed by atoms with Crippen molar-refractivity contribution in [3.8, 4) is 0 Å². The molecule has 1 heterocycles. The van der Waals surface area contributed by atoms with Gasteiger partial charge in [-0.25, -0.2) is 0 Å². The van der Waals surface area contributed by atoms with Gasteiger partial charge in [0, 0.05) is 24.7 Å². The van der Waals surface area contributed by atoms with Gasteiger partial charge in [-0.3, -0.25) is 4.90 Å². The van der Waals surface area contributed by atoms with Gasteiger partial charge in [0.05, 0.1) is 0 Å². The van der Waals surface area contributed by atoms with Crippen LogP contribution in [0.15, 0.2) is 60.7 Å². The van der Waals surface area contributed by atoms with E-state index in [2.05, 4.69) is 70.9 Å². The summed E-state index contributed by atoms with van der Waals surface area (Å²) >= 11 is 0. The fourth-order valence-corrected chi connectivity index (χ4v) is 4.77. The molecule has 2 aliphatic rings. The van der Waals surface area contributed by atoms with Gasteiger partial charge < -0.3 is 5.32 Å². The highest BCUT2D eigenvalue weighted by Gasteiger charge is 2.38. The Kier molecular flexibility index (Phi) is 5.19. The molecule has 25 heavy (non-hydrogen) atoms. The summed E-state index contributed by atoms with van der Waals surface area (Å²) in [5.41, 5.74) is 3.33. The minimum atomic E-state index is 0.474. The topological polar surface area (TPSA) is 15.3 Å². The smallest absolute Gasteiger partial charge is 0.0240 e. The summed E-state index contributed by atoms with van der Waals surface area (Å²) in [4.78, 5) is 2.71. The van der Waals surface area contributed by atoms with E-state index in [1.807, 2.05) is 0 Å². The Labute approximate surface area is 152 Å². The number of rotatable bonds is 5. The van der Waals surface area contributed by atoms with Gasteiger partial charge in [-0.15, -0.1) is 0 Å². The second kappa shape index (κ2) is 7.72. The van der Waals surface area contributed by atoms with E-state index in [1.54, 1.807) is 0 Å². The van der Waals surface area contributed by atoms with Crippen molar-refractivity contribution in [2.45, 2.75) is 63.2 Å². The second-order valence-electron chi connectivity index (χ2n) is 7.92. The zero-order valence-corrected chi connectivity index (χ0v) is 15.2. The zero-order valence-electron chi connectivity index (χ0n) is 15.2. The molecule has 0 amide bonds. The first kappa shape index (κ1) is 16.8. The van der Waals surface area contributed by atoms with Crippen molar-refractivity contribution in [1.82, 2.24) is 10.2 Å². The molecule has 1 spiro atoms. The quantitative estimate of drug-likeness (QED) is 0.848. The van der Waals surface area contributed by atoms with Gasteiger partial charge >= 0.3 is 0 Å². The maximum absolute atomic E-state index is 3.81. The third kappa shape index (κ3) is 4.13. The van der Waals surface area contributed by atoms with Gasteiger partial charge in [-0.1, -0.05) is 60.7 Å². The van der Waals surface area contributed by atoms with E-state index in [0.29, 0.717) is 11.6 Å². The van der Waals surface area contributed by atoms with Crippen LogP contribution in [0.3, 0.4) is 0 Å². The van der Waals surface area contributed by atoms with Crippen LogP contribution < -0.4 is 5.32 Å².